The molecule has 16 heavy (non-hydrogen) atoms. The van der Waals surface area contributed by atoms with E-state index in [0.717, 1.165) is 23.5 Å². The van der Waals surface area contributed by atoms with Gasteiger partial charge in [-0.3, -0.25) is 5.41 Å². The van der Waals surface area contributed by atoms with Crippen molar-refractivity contribution in [3.05, 3.63) is 29.3 Å². The highest BCUT2D eigenvalue weighted by molar-refractivity contribution is 7.98. The van der Waals surface area contributed by atoms with Crippen LogP contribution in [0.5, 0.6) is 5.75 Å². The van der Waals surface area contributed by atoms with Gasteiger partial charge in [0.15, 0.2) is 0 Å². The largest absolute Gasteiger partial charge is 0.493 e. The molecule has 3 nitrogen and oxygen atoms in total. The number of hydrogen-bond acceptors (Lipinski definition) is 3. The van der Waals surface area contributed by atoms with Crippen molar-refractivity contribution >= 4 is 17.6 Å². The van der Waals surface area contributed by atoms with Crippen LogP contribution in [0.25, 0.3) is 0 Å². The van der Waals surface area contributed by atoms with Crippen LogP contribution in [0, 0.1) is 12.3 Å². The summed E-state index contributed by atoms with van der Waals surface area (Å²) in [7, 11) is 0. The molecule has 0 spiro atoms. The number of rotatable bonds is 6. The molecule has 0 bridgehead atoms. The Morgan fingerprint density at radius 2 is 2.25 bits per heavy atom. The first-order valence-electron chi connectivity index (χ1n) is 5.22. The summed E-state index contributed by atoms with van der Waals surface area (Å²) in [5.41, 5.74) is 7.22. The number of thioether (sulfide) groups is 1. The maximum Gasteiger partial charge on any atom is 0.122 e. The lowest BCUT2D eigenvalue weighted by Crippen LogP contribution is -2.11. The van der Waals surface area contributed by atoms with E-state index in [1.54, 1.807) is 0 Å². The predicted molar refractivity (Wildman–Crippen MR) is 70.7 cm³/mol. The molecule has 0 radical (unpaired) electrons. The Morgan fingerprint density at radius 3 is 2.88 bits per heavy atom. The zero-order chi connectivity index (χ0) is 12.0. The van der Waals surface area contributed by atoms with Crippen molar-refractivity contribution in [2.75, 3.05) is 18.6 Å². The number of hydrogen-bond donors (Lipinski definition) is 2. The van der Waals surface area contributed by atoms with E-state index in [2.05, 4.69) is 6.26 Å². The first-order chi connectivity index (χ1) is 7.65. The van der Waals surface area contributed by atoms with E-state index in [4.69, 9.17) is 15.9 Å². The van der Waals surface area contributed by atoms with Gasteiger partial charge in [0, 0.05) is 5.56 Å². The van der Waals surface area contributed by atoms with Gasteiger partial charge in [-0.05, 0) is 37.0 Å². The molecule has 0 atom stereocenters. The second kappa shape index (κ2) is 6.43. The van der Waals surface area contributed by atoms with E-state index in [-0.39, 0.29) is 5.84 Å². The van der Waals surface area contributed by atoms with Gasteiger partial charge in [-0.15, -0.1) is 0 Å². The normalized spacial score (nSPS) is 10.1. The van der Waals surface area contributed by atoms with Crippen molar-refractivity contribution in [3.63, 3.8) is 0 Å². The molecule has 1 rings (SSSR count). The zero-order valence-corrected chi connectivity index (χ0v) is 10.6. The smallest absolute Gasteiger partial charge is 0.122 e. The molecule has 0 heterocycles. The fourth-order valence-electron chi connectivity index (χ4n) is 1.31. The number of benzene rings is 1. The molecule has 0 aliphatic carbocycles. The van der Waals surface area contributed by atoms with E-state index >= 15 is 0 Å². The lowest BCUT2D eigenvalue weighted by Gasteiger charge is -2.10. The Bertz CT molecular complexity index is 366. The van der Waals surface area contributed by atoms with Crippen LogP contribution in [-0.2, 0) is 0 Å². The van der Waals surface area contributed by atoms with E-state index in [9.17, 15) is 0 Å². The summed E-state index contributed by atoms with van der Waals surface area (Å²) in [6, 6.07) is 5.60. The van der Waals surface area contributed by atoms with Crippen molar-refractivity contribution < 1.29 is 4.74 Å². The fourth-order valence-corrected chi connectivity index (χ4v) is 1.72. The highest BCUT2D eigenvalue weighted by Crippen LogP contribution is 2.19. The monoisotopic (exact) mass is 238 g/mol. The molecule has 1 aromatic carbocycles. The number of nitrogens with one attached hydrogen (secondary N) is 1. The first kappa shape index (κ1) is 12.9. The molecule has 0 amide bonds. The van der Waals surface area contributed by atoms with Crippen LogP contribution in [0.4, 0.5) is 0 Å². The summed E-state index contributed by atoms with van der Waals surface area (Å²) in [6.07, 6.45) is 3.12. The summed E-state index contributed by atoms with van der Waals surface area (Å²) < 4.78 is 5.66. The van der Waals surface area contributed by atoms with Crippen LogP contribution in [0.15, 0.2) is 18.2 Å². The van der Waals surface area contributed by atoms with Gasteiger partial charge in [0.25, 0.3) is 0 Å². The van der Waals surface area contributed by atoms with Crippen LogP contribution < -0.4 is 10.5 Å². The lowest BCUT2D eigenvalue weighted by molar-refractivity contribution is 0.316. The minimum absolute atomic E-state index is 0.0777. The number of aryl methyl sites for hydroxylation is 1. The van der Waals surface area contributed by atoms with Gasteiger partial charge in [0.2, 0.25) is 0 Å². The van der Waals surface area contributed by atoms with Crippen molar-refractivity contribution in [3.8, 4) is 5.75 Å². The van der Waals surface area contributed by atoms with Gasteiger partial charge < -0.3 is 10.5 Å². The molecule has 3 N–H and O–H groups in total. The Labute approximate surface area is 101 Å². The molecule has 0 aliphatic rings. The Morgan fingerprint density at radius 1 is 1.50 bits per heavy atom. The van der Waals surface area contributed by atoms with Crippen molar-refractivity contribution in [2.24, 2.45) is 5.73 Å². The maximum absolute atomic E-state index is 7.36. The van der Waals surface area contributed by atoms with Crippen LogP contribution in [-0.4, -0.2) is 24.5 Å². The van der Waals surface area contributed by atoms with E-state index < -0.39 is 0 Å². The molecule has 88 valence electrons. The van der Waals surface area contributed by atoms with Crippen LogP contribution >= 0.6 is 11.8 Å². The molecular weight excluding hydrogens is 220 g/mol. The average molecular weight is 238 g/mol. The highest BCUT2D eigenvalue weighted by atomic mass is 32.2. The SMILES string of the molecule is CSCCCOc1cc(C(=N)N)ccc1C. The average Bonchev–Trinajstić information content (AvgIpc) is 2.26. The van der Waals surface area contributed by atoms with E-state index in [1.807, 2.05) is 36.9 Å². The molecule has 0 unspecified atom stereocenters. The third kappa shape index (κ3) is 3.77. The molecular formula is C12H18N2OS. The predicted octanol–water partition coefficient (Wildman–Crippen LogP) is 2.41. The Hall–Kier alpha value is -1.16. The quantitative estimate of drug-likeness (QED) is 0.454. The third-order valence-corrected chi connectivity index (χ3v) is 2.95. The number of nitrogens with two attached hydrogens (primary N) is 1. The van der Waals surface area contributed by atoms with Gasteiger partial charge in [0.1, 0.15) is 11.6 Å². The zero-order valence-electron chi connectivity index (χ0n) is 9.75. The second-order valence-electron chi connectivity index (χ2n) is 3.59. The summed E-state index contributed by atoms with van der Waals surface area (Å²) >= 11 is 1.81. The summed E-state index contributed by atoms with van der Waals surface area (Å²) in [5.74, 6) is 2.01. The van der Waals surface area contributed by atoms with E-state index in [1.165, 1.54) is 0 Å². The van der Waals surface area contributed by atoms with Gasteiger partial charge in [-0.25, -0.2) is 0 Å². The number of amidine groups is 1. The van der Waals surface area contributed by atoms with Crippen LogP contribution in [0.2, 0.25) is 0 Å². The van der Waals surface area contributed by atoms with Crippen LogP contribution in [0.1, 0.15) is 17.5 Å². The molecule has 4 heteroatoms. The Balaban J connectivity index is 2.63. The van der Waals surface area contributed by atoms with Crippen molar-refractivity contribution in [1.82, 2.24) is 0 Å². The van der Waals surface area contributed by atoms with Gasteiger partial charge in [-0.2, -0.15) is 11.8 Å². The van der Waals surface area contributed by atoms with Crippen molar-refractivity contribution in [2.45, 2.75) is 13.3 Å². The standard InChI is InChI=1S/C12H18N2OS/c1-9-4-5-10(12(13)14)8-11(9)15-6-3-7-16-2/h4-5,8H,3,6-7H2,1-2H3,(H3,13,14). The van der Waals surface area contributed by atoms with Crippen LogP contribution in [0.3, 0.4) is 0 Å². The molecule has 1 aromatic rings. The molecule has 0 aliphatic heterocycles. The number of nitrogen functional groups attached to an aromatic ring is 1. The maximum atomic E-state index is 7.36. The third-order valence-electron chi connectivity index (χ3n) is 2.25. The minimum atomic E-state index is 0.0777. The topological polar surface area (TPSA) is 59.1 Å². The fraction of sp³-hybridized carbons (Fsp3) is 0.417. The van der Waals surface area contributed by atoms with Gasteiger partial charge >= 0.3 is 0 Å². The van der Waals surface area contributed by atoms with Gasteiger partial charge in [0.05, 0.1) is 6.61 Å². The lowest BCUT2D eigenvalue weighted by atomic mass is 10.1. The minimum Gasteiger partial charge on any atom is -0.493 e. The van der Waals surface area contributed by atoms with E-state index in [0.29, 0.717) is 12.2 Å². The second-order valence-corrected chi connectivity index (χ2v) is 4.57. The van der Waals surface area contributed by atoms with Crippen molar-refractivity contribution in [1.29, 1.82) is 5.41 Å². The summed E-state index contributed by atoms with van der Waals surface area (Å²) in [4.78, 5) is 0. The number of ether oxygens (including phenoxy) is 1. The highest BCUT2D eigenvalue weighted by Gasteiger charge is 2.03. The summed E-state index contributed by atoms with van der Waals surface area (Å²) in [6.45, 7) is 2.71. The molecule has 0 fully saturated rings. The molecule has 0 aromatic heterocycles. The molecule has 0 saturated heterocycles. The molecule has 0 saturated carbocycles. The summed E-state index contributed by atoms with van der Waals surface area (Å²) in [5, 5.41) is 7.36. The van der Waals surface area contributed by atoms with Gasteiger partial charge in [-0.1, -0.05) is 12.1 Å². The first-order valence-corrected chi connectivity index (χ1v) is 6.61. The Kier molecular flexibility index (Phi) is 5.19.